The molecule has 0 aromatic rings. The van der Waals surface area contributed by atoms with E-state index in [-0.39, 0.29) is 5.41 Å². The Hall–Kier alpha value is -0.550. The fraction of sp³-hybridized carbons (Fsp3) is 0.952. The Morgan fingerprint density at radius 2 is 1.74 bits per heavy atom. The minimum atomic E-state index is -0.721. The molecule has 0 amide bonds. The fourth-order valence-electron chi connectivity index (χ4n) is 7.83. The van der Waals surface area contributed by atoms with Crippen molar-refractivity contribution in [2.75, 3.05) is 0 Å². The summed E-state index contributed by atoms with van der Waals surface area (Å²) in [4.78, 5) is 0. The van der Waals surface area contributed by atoms with Crippen molar-refractivity contribution in [3.63, 3.8) is 0 Å². The number of hydrogen-bond acceptors (Lipinski definition) is 2. The van der Waals surface area contributed by atoms with Crippen LogP contribution in [-0.4, -0.2) is 10.7 Å². The summed E-state index contributed by atoms with van der Waals surface area (Å²) in [7, 11) is 0. The summed E-state index contributed by atoms with van der Waals surface area (Å²) >= 11 is 0. The van der Waals surface area contributed by atoms with Crippen LogP contribution in [-0.2, 0) is 0 Å². The van der Waals surface area contributed by atoms with Crippen molar-refractivity contribution in [3.05, 3.63) is 0 Å². The lowest BCUT2D eigenvalue weighted by Crippen LogP contribution is -2.56. The molecule has 0 saturated heterocycles. The van der Waals surface area contributed by atoms with Gasteiger partial charge in [-0.15, -0.1) is 0 Å². The number of aliphatic hydroxyl groups is 1. The van der Waals surface area contributed by atoms with Crippen LogP contribution in [0.25, 0.3) is 0 Å². The van der Waals surface area contributed by atoms with Gasteiger partial charge in [0.25, 0.3) is 0 Å². The predicted octanol–water partition coefficient (Wildman–Crippen LogP) is 5.06. The molecular formula is C21H33NO. The zero-order valence-corrected chi connectivity index (χ0v) is 15.0. The quantitative estimate of drug-likeness (QED) is 0.734. The van der Waals surface area contributed by atoms with Crippen LogP contribution in [0.4, 0.5) is 0 Å². The predicted molar refractivity (Wildman–Crippen MR) is 91.5 cm³/mol. The Bertz CT molecular complexity index is 524. The minimum absolute atomic E-state index is 0.0121. The Morgan fingerprint density at radius 3 is 2.52 bits per heavy atom. The largest absolute Gasteiger partial charge is 0.388 e. The third kappa shape index (κ3) is 2.02. The van der Waals surface area contributed by atoms with Gasteiger partial charge in [-0.05, 0) is 80.5 Å². The van der Waals surface area contributed by atoms with Crippen LogP contribution in [0.2, 0.25) is 0 Å². The Kier molecular flexibility index (Phi) is 3.62. The first-order chi connectivity index (χ1) is 10.9. The van der Waals surface area contributed by atoms with Crippen LogP contribution < -0.4 is 0 Å². The van der Waals surface area contributed by atoms with Gasteiger partial charge < -0.3 is 5.11 Å². The molecule has 0 bridgehead atoms. The molecule has 4 aliphatic carbocycles. The first kappa shape index (κ1) is 15.9. The van der Waals surface area contributed by atoms with Crippen molar-refractivity contribution in [1.29, 1.82) is 5.26 Å². The lowest BCUT2D eigenvalue weighted by atomic mass is 9.44. The maximum Gasteiger partial charge on any atom is 0.0833 e. The van der Waals surface area contributed by atoms with Crippen LogP contribution in [0, 0.1) is 45.8 Å². The SMILES string of the molecule is C[C@]12CCCC[C@@H]1CC[C@H]1[C@H]3CC[C@](O)(CC#N)[C@]3(C)CC[C@@H]12. The third-order valence-electron chi connectivity index (χ3n) is 9.28. The van der Waals surface area contributed by atoms with Crippen LogP contribution in [0.1, 0.15) is 84.5 Å². The standard InChI is InChI=1S/C21H33NO/c1-19-10-4-3-5-15(19)6-7-16-17(19)8-11-20(2)18(16)9-12-21(20,23)13-14-22/h15-18,23H,3-13H2,1-2H3/t15-,16-,17+,18-,19+,20-,21+/m1/s1. The van der Waals surface area contributed by atoms with Crippen molar-refractivity contribution < 1.29 is 5.11 Å². The molecule has 0 aliphatic heterocycles. The highest BCUT2D eigenvalue weighted by Crippen LogP contribution is 2.68. The molecule has 0 aromatic heterocycles. The van der Waals surface area contributed by atoms with E-state index in [1.807, 2.05) is 0 Å². The second-order valence-corrected chi connectivity index (χ2v) is 9.76. The van der Waals surface area contributed by atoms with Crippen molar-refractivity contribution in [2.45, 2.75) is 90.1 Å². The second-order valence-electron chi connectivity index (χ2n) is 9.76. The monoisotopic (exact) mass is 315 g/mol. The molecule has 23 heavy (non-hydrogen) atoms. The maximum atomic E-state index is 11.2. The maximum absolute atomic E-state index is 11.2. The van der Waals surface area contributed by atoms with E-state index in [4.69, 9.17) is 0 Å². The Labute approximate surface area is 141 Å². The van der Waals surface area contributed by atoms with Gasteiger partial charge in [0.1, 0.15) is 0 Å². The first-order valence-electron chi connectivity index (χ1n) is 10.0. The first-order valence-corrected chi connectivity index (χ1v) is 10.0. The summed E-state index contributed by atoms with van der Waals surface area (Å²) in [6.07, 6.45) is 13.3. The van der Waals surface area contributed by atoms with E-state index in [0.29, 0.717) is 17.8 Å². The van der Waals surface area contributed by atoms with Gasteiger partial charge in [0, 0.05) is 5.41 Å². The van der Waals surface area contributed by atoms with Crippen LogP contribution in [0.3, 0.4) is 0 Å². The molecule has 2 heteroatoms. The van der Waals surface area contributed by atoms with Gasteiger partial charge in [-0.2, -0.15) is 5.26 Å². The summed E-state index contributed by atoms with van der Waals surface area (Å²) in [6, 6.07) is 2.28. The topological polar surface area (TPSA) is 44.0 Å². The lowest BCUT2D eigenvalue weighted by molar-refractivity contribution is -0.149. The summed E-state index contributed by atoms with van der Waals surface area (Å²) in [5.74, 6) is 3.30. The second kappa shape index (κ2) is 5.22. The molecule has 0 heterocycles. The van der Waals surface area contributed by atoms with Gasteiger partial charge in [0.15, 0.2) is 0 Å². The third-order valence-corrected chi connectivity index (χ3v) is 9.28. The smallest absolute Gasteiger partial charge is 0.0833 e. The molecule has 0 unspecified atom stereocenters. The summed E-state index contributed by atoms with van der Waals surface area (Å²) in [5, 5.41) is 20.4. The van der Waals surface area contributed by atoms with Gasteiger partial charge >= 0.3 is 0 Å². The molecule has 1 N–H and O–H groups in total. The normalized spacial score (nSPS) is 55.4. The summed E-state index contributed by atoms with van der Waals surface area (Å²) < 4.78 is 0. The van der Waals surface area contributed by atoms with E-state index < -0.39 is 5.60 Å². The van der Waals surface area contributed by atoms with Gasteiger partial charge in [-0.1, -0.05) is 26.7 Å². The zero-order chi connectivity index (χ0) is 16.3. The van der Waals surface area contributed by atoms with E-state index >= 15 is 0 Å². The van der Waals surface area contributed by atoms with Crippen molar-refractivity contribution in [1.82, 2.24) is 0 Å². The highest BCUT2D eigenvalue weighted by Gasteiger charge is 2.64. The van der Waals surface area contributed by atoms with E-state index in [1.54, 1.807) is 0 Å². The van der Waals surface area contributed by atoms with Crippen molar-refractivity contribution >= 4 is 0 Å². The van der Waals surface area contributed by atoms with Crippen LogP contribution in [0.15, 0.2) is 0 Å². The van der Waals surface area contributed by atoms with E-state index in [9.17, 15) is 10.4 Å². The average molecular weight is 316 g/mol. The molecule has 4 rings (SSSR count). The molecule has 4 fully saturated rings. The average Bonchev–Trinajstić information content (AvgIpc) is 2.79. The summed E-state index contributed by atoms with van der Waals surface area (Å²) in [5.41, 5.74) is -0.165. The summed E-state index contributed by atoms with van der Waals surface area (Å²) in [6.45, 7) is 4.92. The fourth-order valence-corrected chi connectivity index (χ4v) is 7.83. The van der Waals surface area contributed by atoms with E-state index in [2.05, 4.69) is 19.9 Å². The lowest BCUT2D eigenvalue weighted by Gasteiger charge is -2.61. The molecule has 4 aliphatic rings. The molecule has 7 atom stereocenters. The molecule has 4 saturated carbocycles. The molecular weight excluding hydrogens is 282 g/mol. The Morgan fingerprint density at radius 1 is 0.957 bits per heavy atom. The molecule has 2 nitrogen and oxygen atoms in total. The number of nitriles is 1. The molecule has 128 valence electrons. The Balaban J connectivity index is 1.64. The van der Waals surface area contributed by atoms with Gasteiger partial charge in [0.05, 0.1) is 18.1 Å². The van der Waals surface area contributed by atoms with Gasteiger partial charge in [-0.3, -0.25) is 0 Å². The van der Waals surface area contributed by atoms with Crippen LogP contribution >= 0.6 is 0 Å². The van der Waals surface area contributed by atoms with Gasteiger partial charge in [0.2, 0.25) is 0 Å². The number of hydrogen-bond donors (Lipinski definition) is 1. The van der Waals surface area contributed by atoms with Crippen LogP contribution in [0.5, 0.6) is 0 Å². The molecule has 0 aromatic carbocycles. The highest BCUT2D eigenvalue weighted by atomic mass is 16.3. The number of nitrogens with zero attached hydrogens (tertiary/aromatic N) is 1. The molecule has 0 spiro atoms. The highest BCUT2D eigenvalue weighted by molar-refractivity contribution is 5.15. The van der Waals surface area contributed by atoms with Gasteiger partial charge in [-0.25, -0.2) is 0 Å². The van der Waals surface area contributed by atoms with E-state index in [1.165, 1.54) is 44.9 Å². The van der Waals surface area contributed by atoms with Crippen molar-refractivity contribution in [2.24, 2.45) is 34.5 Å². The molecule has 0 radical (unpaired) electrons. The number of fused-ring (bicyclic) bond motifs is 5. The number of rotatable bonds is 1. The van der Waals surface area contributed by atoms with Crippen molar-refractivity contribution in [3.8, 4) is 6.07 Å². The minimum Gasteiger partial charge on any atom is -0.388 e. The van der Waals surface area contributed by atoms with E-state index in [0.717, 1.165) is 37.0 Å². The zero-order valence-electron chi connectivity index (χ0n) is 15.0.